The Morgan fingerprint density at radius 1 is 0.941 bits per heavy atom. The van der Waals surface area contributed by atoms with E-state index in [2.05, 4.69) is 6.92 Å². The standard InChI is InChI=1S/C15H30O2/c1-4-6-7-8-9-10-11-12-13-14(16)15(5-2)17-3/h15H,4-13H2,1-3H3. The predicted molar refractivity (Wildman–Crippen MR) is 73.3 cm³/mol. The van der Waals surface area contributed by atoms with Gasteiger partial charge in [0.15, 0.2) is 5.78 Å². The van der Waals surface area contributed by atoms with E-state index in [0.717, 1.165) is 12.8 Å². The fourth-order valence-corrected chi connectivity index (χ4v) is 2.12. The third-order valence-corrected chi connectivity index (χ3v) is 3.29. The molecule has 0 radical (unpaired) electrons. The second-order valence-electron chi connectivity index (χ2n) is 4.82. The van der Waals surface area contributed by atoms with Crippen molar-refractivity contribution in [2.24, 2.45) is 0 Å². The van der Waals surface area contributed by atoms with Crippen LogP contribution in [0.5, 0.6) is 0 Å². The summed E-state index contributed by atoms with van der Waals surface area (Å²) in [7, 11) is 1.62. The zero-order valence-electron chi connectivity index (χ0n) is 12.0. The summed E-state index contributed by atoms with van der Waals surface area (Å²) >= 11 is 0. The smallest absolute Gasteiger partial charge is 0.161 e. The van der Waals surface area contributed by atoms with E-state index >= 15 is 0 Å². The summed E-state index contributed by atoms with van der Waals surface area (Å²) < 4.78 is 5.13. The van der Waals surface area contributed by atoms with Gasteiger partial charge in [0, 0.05) is 13.5 Å². The van der Waals surface area contributed by atoms with E-state index in [4.69, 9.17) is 4.74 Å². The van der Waals surface area contributed by atoms with Crippen LogP contribution in [0.4, 0.5) is 0 Å². The number of unbranched alkanes of at least 4 members (excludes halogenated alkanes) is 7. The van der Waals surface area contributed by atoms with Gasteiger partial charge in [-0.1, -0.05) is 58.8 Å². The highest BCUT2D eigenvalue weighted by Gasteiger charge is 2.13. The van der Waals surface area contributed by atoms with Gasteiger partial charge in [-0.15, -0.1) is 0 Å². The van der Waals surface area contributed by atoms with Gasteiger partial charge in [0.2, 0.25) is 0 Å². The number of rotatable bonds is 12. The highest BCUT2D eigenvalue weighted by Crippen LogP contribution is 2.11. The normalized spacial score (nSPS) is 12.6. The molecule has 0 saturated carbocycles. The van der Waals surface area contributed by atoms with E-state index in [1.165, 1.54) is 44.9 Å². The fraction of sp³-hybridized carbons (Fsp3) is 0.933. The van der Waals surface area contributed by atoms with Crippen LogP contribution in [0.2, 0.25) is 0 Å². The summed E-state index contributed by atoms with van der Waals surface area (Å²) in [6.45, 7) is 4.24. The Morgan fingerprint density at radius 2 is 1.47 bits per heavy atom. The van der Waals surface area contributed by atoms with Crippen LogP contribution in [-0.2, 0) is 9.53 Å². The van der Waals surface area contributed by atoms with Gasteiger partial charge in [-0.25, -0.2) is 0 Å². The molecule has 0 aromatic heterocycles. The van der Waals surface area contributed by atoms with Crippen LogP contribution < -0.4 is 0 Å². The van der Waals surface area contributed by atoms with Gasteiger partial charge >= 0.3 is 0 Å². The first-order valence-corrected chi connectivity index (χ1v) is 7.31. The van der Waals surface area contributed by atoms with Crippen molar-refractivity contribution < 1.29 is 9.53 Å². The summed E-state index contributed by atoms with van der Waals surface area (Å²) in [5.41, 5.74) is 0. The molecule has 0 aromatic carbocycles. The van der Waals surface area contributed by atoms with Crippen molar-refractivity contribution >= 4 is 5.78 Å². The Morgan fingerprint density at radius 3 is 1.94 bits per heavy atom. The summed E-state index contributed by atoms with van der Waals surface area (Å²) in [5.74, 6) is 0.279. The van der Waals surface area contributed by atoms with Gasteiger partial charge in [0.1, 0.15) is 6.10 Å². The second-order valence-corrected chi connectivity index (χ2v) is 4.82. The number of methoxy groups -OCH3 is 1. The van der Waals surface area contributed by atoms with Crippen LogP contribution in [0.15, 0.2) is 0 Å². The maximum absolute atomic E-state index is 11.7. The molecule has 0 saturated heterocycles. The third-order valence-electron chi connectivity index (χ3n) is 3.29. The van der Waals surface area contributed by atoms with E-state index in [-0.39, 0.29) is 11.9 Å². The lowest BCUT2D eigenvalue weighted by atomic mass is 10.0. The number of Topliss-reactive ketones (excluding diaryl/α,β-unsaturated/α-hetero) is 1. The van der Waals surface area contributed by atoms with Crippen LogP contribution in [0.3, 0.4) is 0 Å². The topological polar surface area (TPSA) is 26.3 Å². The van der Waals surface area contributed by atoms with Gasteiger partial charge in [0.25, 0.3) is 0 Å². The molecule has 17 heavy (non-hydrogen) atoms. The average molecular weight is 242 g/mol. The fourth-order valence-electron chi connectivity index (χ4n) is 2.12. The quantitative estimate of drug-likeness (QED) is 0.471. The maximum atomic E-state index is 11.7. The molecule has 2 nitrogen and oxygen atoms in total. The van der Waals surface area contributed by atoms with Crippen LogP contribution in [0.1, 0.15) is 78.1 Å². The van der Waals surface area contributed by atoms with Gasteiger partial charge < -0.3 is 4.74 Å². The zero-order chi connectivity index (χ0) is 12.9. The van der Waals surface area contributed by atoms with Gasteiger partial charge in [-0.05, 0) is 12.8 Å². The first kappa shape index (κ1) is 16.6. The molecule has 0 N–H and O–H groups in total. The highest BCUT2D eigenvalue weighted by atomic mass is 16.5. The summed E-state index contributed by atoms with van der Waals surface area (Å²) in [6.07, 6.45) is 11.6. The first-order valence-electron chi connectivity index (χ1n) is 7.31. The molecular formula is C15H30O2. The van der Waals surface area contributed by atoms with Crippen molar-refractivity contribution in [1.82, 2.24) is 0 Å². The van der Waals surface area contributed by atoms with Crippen molar-refractivity contribution in [1.29, 1.82) is 0 Å². The minimum absolute atomic E-state index is 0.167. The monoisotopic (exact) mass is 242 g/mol. The minimum atomic E-state index is -0.167. The van der Waals surface area contributed by atoms with Crippen molar-refractivity contribution in [2.45, 2.75) is 84.2 Å². The summed E-state index contributed by atoms with van der Waals surface area (Å²) in [6, 6.07) is 0. The number of hydrogen-bond acceptors (Lipinski definition) is 2. The van der Waals surface area contributed by atoms with E-state index in [1.807, 2.05) is 6.92 Å². The molecule has 0 aliphatic rings. The number of carbonyl (C=O) groups excluding carboxylic acids is 1. The molecule has 0 aliphatic carbocycles. The summed E-state index contributed by atoms with van der Waals surface area (Å²) in [4.78, 5) is 11.7. The molecule has 0 heterocycles. The molecule has 0 rings (SSSR count). The lowest BCUT2D eigenvalue weighted by Gasteiger charge is -2.11. The van der Waals surface area contributed by atoms with E-state index in [1.54, 1.807) is 7.11 Å². The molecule has 0 aliphatic heterocycles. The maximum Gasteiger partial charge on any atom is 0.161 e. The molecule has 1 atom stereocenters. The van der Waals surface area contributed by atoms with Crippen LogP contribution in [0, 0.1) is 0 Å². The van der Waals surface area contributed by atoms with Crippen molar-refractivity contribution in [3.63, 3.8) is 0 Å². The third kappa shape index (κ3) is 9.34. The lowest BCUT2D eigenvalue weighted by Crippen LogP contribution is -2.21. The molecule has 2 heteroatoms. The Bertz CT molecular complexity index is 174. The van der Waals surface area contributed by atoms with E-state index in [9.17, 15) is 4.79 Å². The van der Waals surface area contributed by atoms with Gasteiger partial charge in [-0.2, -0.15) is 0 Å². The molecule has 0 spiro atoms. The number of ether oxygens (including phenoxy) is 1. The van der Waals surface area contributed by atoms with Gasteiger partial charge in [0.05, 0.1) is 0 Å². The van der Waals surface area contributed by atoms with E-state index in [0.29, 0.717) is 6.42 Å². The Kier molecular flexibility index (Phi) is 11.8. The zero-order valence-corrected chi connectivity index (χ0v) is 12.0. The highest BCUT2D eigenvalue weighted by molar-refractivity contribution is 5.82. The number of hydrogen-bond donors (Lipinski definition) is 0. The van der Waals surface area contributed by atoms with Crippen molar-refractivity contribution in [2.75, 3.05) is 7.11 Å². The molecule has 0 bridgehead atoms. The van der Waals surface area contributed by atoms with E-state index < -0.39 is 0 Å². The first-order chi connectivity index (χ1) is 8.26. The second kappa shape index (κ2) is 12.1. The molecule has 0 aromatic rings. The Labute approximate surface area is 107 Å². The number of ketones is 1. The Balaban J connectivity index is 3.30. The van der Waals surface area contributed by atoms with Crippen molar-refractivity contribution in [3.8, 4) is 0 Å². The predicted octanol–water partition coefficient (Wildman–Crippen LogP) is 4.51. The molecular weight excluding hydrogens is 212 g/mol. The average Bonchev–Trinajstić information content (AvgIpc) is 2.34. The lowest BCUT2D eigenvalue weighted by molar-refractivity contribution is -0.129. The minimum Gasteiger partial charge on any atom is -0.374 e. The van der Waals surface area contributed by atoms with Crippen LogP contribution in [0.25, 0.3) is 0 Å². The van der Waals surface area contributed by atoms with Crippen LogP contribution >= 0.6 is 0 Å². The molecule has 1 unspecified atom stereocenters. The Hall–Kier alpha value is -0.370. The largest absolute Gasteiger partial charge is 0.374 e. The summed E-state index contributed by atoms with van der Waals surface area (Å²) in [5, 5.41) is 0. The van der Waals surface area contributed by atoms with Gasteiger partial charge in [-0.3, -0.25) is 4.79 Å². The SMILES string of the molecule is CCCCCCCCCCC(=O)C(CC)OC. The molecule has 0 amide bonds. The van der Waals surface area contributed by atoms with Crippen LogP contribution in [-0.4, -0.2) is 19.0 Å². The molecule has 0 fully saturated rings. The number of carbonyl (C=O) groups is 1. The van der Waals surface area contributed by atoms with Crippen molar-refractivity contribution in [3.05, 3.63) is 0 Å². The molecule has 102 valence electrons.